The Hall–Kier alpha value is -2.86. The van der Waals surface area contributed by atoms with E-state index < -0.39 is 5.91 Å². The van der Waals surface area contributed by atoms with E-state index in [-0.39, 0.29) is 5.76 Å². The van der Waals surface area contributed by atoms with Crippen LogP contribution in [-0.2, 0) is 6.61 Å². The van der Waals surface area contributed by atoms with Crippen LogP contribution in [-0.4, -0.2) is 12.1 Å². The van der Waals surface area contributed by atoms with E-state index >= 15 is 0 Å². The number of hydrogen-bond donors (Lipinski definition) is 1. The summed E-state index contributed by atoms with van der Waals surface area (Å²) in [5.74, 6) is 0.545. The molecule has 0 saturated carbocycles. The summed E-state index contributed by atoms with van der Waals surface area (Å²) in [7, 11) is 0. The van der Waals surface area contributed by atoms with Gasteiger partial charge in [0.15, 0.2) is 10.4 Å². The van der Waals surface area contributed by atoms with E-state index in [0.717, 1.165) is 16.9 Å². The molecule has 1 aromatic heterocycles. The molecule has 0 unspecified atom stereocenters. The molecule has 3 rings (SSSR count). The first-order valence-electron chi connectivity index (χ1n) is 7.56. The zero-order chi connectivity index (χ0) is 17.5. The molecule has 0 radical (unpaired) electrons. The van der Waals surface area contributed by atoms with Gasteiger partial charge in [-0.1, -0.05) is 30.3 Å². The maximum Gasteiger partial charge on any atom is 0.307 e. The van der Waals surface area contributed by atoms with Gasteiger partial charge in [0.05, 0.1) is 6.21 Å². The quantitative estimate of drug-likeness (QED) is 0.494. The van der Waals surface area contributed by atoms with Crippen molar-refractivity contribution in [2.45, 2.75) is 6.61 Å². The topological polar surface area (TPSA) is 63.8 Å². The minimum atomic E-state index is -0.412. The van der Waals surface area contributed by atoms with Gasteiger partial charge in [-0.2, -0.15) is 5.10 Å². The number of ether oxygens (including phenoxy) is 1. The van der Waals surface area contributed by atoms with Gasteiger partial charge in [-0.05, 0) is 63.5 Å². The van der Waals surface area contributed by atoms with Gasteiger partial charge < -0.3 is 9.15 Å². The Morgan fingerprint density at radius 2 is 1.84 bits per heavy atom. The van der Waals surface area contributed by atoms with Crippen LogP contribution in [0.3, 0.4) is 0 Å². The van der Waals surface area contributed by atoms with Crippen LogP contribution in [0.4, 0.5) is 0 Å². The summed E-state index contributed by atoms with van der Waals surface area (Å²) >= 11 is 3.14. The Bertz CT molecular complexity index is 858. The summed E-state index contributed by atoms with van der Waals surface area (Å²) in [6.45, 7) is 0.517. The molecule has 0 atom stereocenters. The number of benzene rings is 2. The highest BCUT2D eigenvalue weighted by Crippen LogP contribution is 2.14. The van der Waals surface area contributed by atoms with Crippen molar-refractivity contribution in [3.63, 3.8) is 0 Å². The lowest BCUT2D eigenvalue weighted by Crippen LogP contribution is -2.16. The number of carbonyl (C=O) groups is 1. The zero-order valence-electron chi connectivity index (χ0n) is 13.2. The molecular weight excluding hydrogens is 384 g/mol. The minimum Gasteiger partial charge on any atom is -0.489 e. The van der Waals surface area contributed by atoms with E-state index in [1.54, 1.807) is 18.3 Å². The largest absolute Gasteiger partial charge is 0.489 e. The van der Waals surface area contributed by atoms with Crippen molar-refractivity contribution in [3.05, 3.63) is 88.3 Å². The number of hydrogen-bond acceptors (Lipinski definition) is 4. The van der Waals surface area contributed by atoms with Crippen molar-refractivity contribution in [2.75, 3.05) is 0 Å². The van der Waals surface area contributed by atoms with Gasteiger partial charge in [-0.3, -0.25) is 4.79 Å². The summed E-state index contributed by atoms with van der Waals surface area (Å²) in [6, 6.07) is 20.6. The Morgan fingerprint density at radius 3 is 2.52 bits per heavy atom. The van der Waals surface area contributed by atoms with Gasteiger partial charge in [0.1, 0.15) is 12.4 Å². The smallest absolute Gasteiger partial charge is 0.307 e. The van der Waals surface area contributed by atoms with Crippen molar-refractivity contribution in [1.29, 1.82) is 0 Å². The zero-order valence-corrected chi connectivity index (χ0v) is 14.8. The minimum absolute atomic E-state index is 0.189. The highest BCUT2D eigenvalue weighted by molar-refractivity contribution is 9.10. The van der Waals surface area contributed by atoms with Crippen LogP contribution >= 0.6 is 15.9 Å². The van der Waals surface area contributed by atoms with Crippen LogP contribution in [0, 0.1) is 0 Å². The molecule has 0 aliphatic heterocycles. The maximum absolute atomic E-state index is 11.8. The molecule has 3 aromatic rings. The molecule has 0 aliphatic rings. The fraction of sp³-hybridized carbons (Fsp3) is 0.0526. The second-order valence-electron chi connectivity index (χ2n) is 5.15. The number of rotatable bonds is 6. The Morgan fingerprint density at radius 1 is 1.08 bits per heavy atom. The molecule has 0 spiro atoms. The Labute approximate surface area is 153 Å². The van der Waals surface area contributed by atoms with Crippen molar-refractivity contribution < 1.29 is 13.9 Å². The normalized spacial score (nSPS) is 10.8. The number of carbonyl (C=O) groups excluding carboxylic acids is 1. The van der Waals surface area contributed by atoms with Crippen LogP contribution in [0.5, 0.6) is 5.75 Å². The number of halogens is 1. The summed E-state index contributed by atoms with van der Waals surface area (Å²) in [6.07, 6.45) is 1.55. The Kier molecular flexibility index (Phi) is 5.64. The predicted octanol–water partition coefficient (Wildman–Crippen LogP) is 4.39. The van der Waals surface area contributed by atoms with E-state index in [1.807, 2.05) is 54.6 Å². The van der Waals surface area contributed by atoms with E-state index in [1.165, 1.54) is 0 Å². The van der Waals surface area contributed by atoms with Crippen molar-refractivity contribution in [3.8, 4) is 5.75 Å². The second-order valence-corrected chi connectivity index (χ2v) is 5.93. The summed E-state index contributed by atoms with van der Waals surface area (Å²) in [4.78, 5) is 11.8. The highest BCUT2D eigenvalue weighted by atomic mass is 79.9. The van der Waals surface area contributed by atoms with Gasteiger partial charge in [0, 0.05) is 0 Å². The number of amides is 1. The molecule has 1 N–H and O–H groups in total. The summed E-state index contributed by atoms with van der Waals surface area (Å²) < 4.78 is 11.4. The fourth-order valence-electron chi connectivity index (χ4n) is 2.05. The van der Waals surface area contributed by atoms with Gasteiger partial charge >= 0.3 is 5.91 Å². The van der Waals surface area contributed by atoms with Gasteiger partial charge in [0.25, 0.3) is 0 Å². The van der Waals surface area contributed by atoms with Crippen LogP contribution in [0.2, 0.25) is 0 Å². The standard InChI is InChI=1S/C19H15BrN2O3/c20-18-11-10-17(25-18)19(23)22-21-12-14-6-8-16(9-7-14)24-13-15-4-2-1-3-5-15/h1-12H,13H2,(H,22,23)/b21-12-. The van der Waals surface area contributed by atoms with Crippen molar-refractivity contribution in [2.24, 2.45) is 5.10 Å². The number of nitrogens with one attached hydrogen (secondary N) is 1. The molecule has 0 fully saturated rings. The van der Waals surface area contributed by atoms with Gasteiger partial charge in [-0.15, -0.1) is 0 Å². The SMILES string of the molecule is O=C(N/N=C\c1ccc(OCc2ccccc2)cc1)c1ccc(Br)o1. The lowest BCUT2D eigenvalue weighted by Gasteiger charge is -2.06. The lowest BCUT2D eigenvalue weighted by molar-refractivity contribution is 0.0926. The molecule has 2 aromatic carbocycles. The molecule has 0 aliphatic carbocycles. The van der Waals surface area contributed by atoms with Crippen molar-refractivity contribution in [1.82, 2.24) is 5.43 Å². The summed E-state index contributed by atoms with van der Waals surface area (Å²) in [5.41, 5.74) is 4.36. The average molecular weight is 399 g/mol. The van der Waals surface area contributed by atoms with E-state index in [4.69, 9.17) is 9.15 Å². The molecule has 0 saturated heterocycles. The molecule has 6 heteroatoms. The Balaban J connectivity index is 1.51. The number of nitrogens with zero attached hydrogens (tertiary/aromatic N) is 1. The monoisotopic (exact) mass is 398 g/mol. The molecule has 1 heterocycles. The van der Waals surface area contributed by atoms with Crippen molar-refractivity contribution >= 4 is 28.1 Å². The third-order valence-electron chi connectivity index (χ3n) is 3.31. The fourth-order valence-corrected chi connectivity index (χ4v) is 2.35. The first-order valence-corrected chi connectivity index (χ1v) is 8.35. The second kappa shape index (κ2) is 8.30. The van der Waals surface area contributed by atoms with Gasteiger partial charge in [0.2, 0.25) is 0 Å². The van der Waals surface area contributed by atoms with Crippen LogP contribution in [0.15, 0.2) is 80.9 Å². The van der Waals surface area contributed by atoms with Crippen LogP contribution in [0.25, 0.3) is 0 Å². The van der Waals surface area contributed by atoms with E-state index in [9.17, 15) is 4.79 Å². The molecular formula is C19H15BrN2O3. The molecule has 1 amide bonds. The van der Waals surface area contributed by atoms with Crippen LogP contribution < -0.4 is 10.2 Å². The average Bonchev–Trinajstić information content (AvgIpc) is 3.08. The predicted molar refractivity (Wildman–Crippen MR) is 98.7 cm³/mol. The molecule has 5 nitrogen and oxygen atoms in total. The third kappa shape index (κ3) is 5.06. The first-order chi connectivity index (χ1) is 12.2. The van der Waals surface area contributed by atoms with E-state index in [2.05, 4.69) is 26.5 Å². The third-order valence-corrected chi connectivity index (χ3v) is 3.73. The van der Waals surface area contributed by atoms with Crippen LogP contribution in [0.1, 0.15) is 21.7 Å². The van der Waals surface area contributed by atoms with Gasteiger partial charge in [-0.25, -0.2) is 5.43 Å². The lowest BCUT2D eigenvalue weighted by atomic mass is 10.2. The summed E-state index contributed by atoms with van der Waals surface area (Å²) in [5, 5.41) is 3.91. The molecule has 126 valence electrons. The number of furan rings is 1. The first kappa shape index (κ1) is 17.0. The number of hydrazone groups is 1. The highest BCUT2D eigenvalue weighted by Gasteiger charge is 2.08. The van der Waals surface area contributed by atoms with E-state index in [0.29, 0.717) is 11.3 Å². The molecule has 0 bridgehead atoms. The maximum atomic E-state index is 11.8. The molecule has 25 heavy (non-hydrogen) atoms.